The molecule has 4 aromatic rings. The minimum absolute atomic E-state index is 0.0328. The van der Waals surface area contributed by atoms with E-state index in [1.807, 2.05) is 54.6 Å². The molecule has 1 heterocycles. The fourth-order valence-electron chi connectivity index (χ4n) is 2.76. The van der Waals surface area contributed by atoms with E-state index in [0.717, 1.165) is 15.8 Å². The number of benzene rings is 3. The summed E-state index contributed by atoms with van der Waals surface area (Å²) in [6.07, 6.45) is 0. The summed E-state index contributed by atoms with van der Waals surface area (Å²) in [5.74, 6) is -0.413. The third kappa shape index (κ3) is 4.51. The summed E-state index contributed by atoms with van der Waals surface area (Å²) in [5.41, 5.74) is 1.89. The quantitative estimate of drug-likeness (QED) is 0.490. The first-order valence-corrected chi connectivity index (χ1v) is 11.1. The maximum absolute atomic E-state index is 12.6. The lowest BCUT2D eigenvalue weighted by atomic mass is 10.2. The highest BCUT2D eigenvalue weighted by Gasteiger charge is 2.17. The normalized spacial score (nSPS) is 11.4. The van der Waals surface area contributed by atoms with Crippen molar-refractivity contribution >= 4 is 42.6 Å². The molecule has 0 aliphatic rings. The zero-order chi connectivity index (χ0) is 20.3. The van der Waals surface area contributed by atoms with Crippen LogP contribution in [0.15, 0.2) is 83.8 Å². The van der Waals surface area contributed by atoms with Crippen LogP contribution in [-0.2, 0) is 16.6 Å². The Morgan fingerprint density at radius 3 is 2.48 bits per heavy atom. The summed E-state index contributed by atoms with van der Waals surface area (Å²) < 4.78 is 28.7. The summed E-state index contributed by atoms with van der Waals surface area (Å²) >= 11 is 1.36. The van der Waals surface area contributed by atoms with Gasteiger partial charge in [-0.05, 0) is 35.9 Å². The summed E-state index contributed by atoms with van der Waals surface area (Å²) in [5, 5.41) is 3.20. The highest BCUT2D eigenvalue weighted by molar-refractivity contribution is 7.89. The number of amides is 1. The van der Waals surface area contributed by atoms with E-state index in [9.17, 15) is 13.2 Å². The van der Waals surface area contributed by atoms with Crippen LogP contribution in [0.3, 0.4) is 0 Å². The molecule has 0 saturated carbocycles. The summed E-state index contributed by atoms with van der Waals surface area (Å²) in [6.45, 7) is 0.172. The van der Waals surface area contributed by atoms with Gasteiger partial charge in [-0.1, -0.05) is 59.9 Å². The maximum Gasteiger partial charge on any atom is 0.257 e. The van der Waals surface area contributed by atoms with Crippen LogP contribution in [0.25, 0.3) is 10.2 Å². The maximum atomic E-state index is 12.6. The zero-order valence-corrected chi connectivity index (χ0v) is 16.8. The van der Waals surface area contributed by atoms with Crippen LogP contribution in [0.1, 0.15) is 15.9 Å². The Labute approximate surface area is 172 Å². The minimum atomic E-state index is -3.75. The van der Waals surface area contributed by atoms with E-state index in [1.54, 1.807) is 12.1 Å². The van der Waals surface area contributed by atoms with Gasteiger partial charge in [0, 0.05) is 12.1 Å². The van der Waals surface area contributed by atoms with Gasteiger partial charge in [-0.25, -0.2) is 18.1 Å². The second-order valence-electron chi connectivity index (χ2n) is 6.28. The Kier molecular flexibility index (Phi) is 5.39. The number of carbonyl (C=O) groups excluding carboxylic acids is 1. The van der Waals surface area contributed by atoms with Crippen LogP contribution in [0.4, 0.5) is 5.13 Å². The molecule has 0 fully saturated rings. The number of sulfonamides is 1. The van der Waals surface area contributed by atoms with Gasteiger partial charge in [0.15, 0.2) is 5.13 Å². The Hall–Kier alpha value is -3.07. The van der Waals surface area contributed by atoms with Crippen molar-refractivity contribution in [2.75, 3.05) is 5.32 Å². The number of anilines is 1. The van der Waals surface area contributed by atoms with E-state index in [2.05, 4.69) is 15.0 Å². The van der Waals surface area contributed by atoms with E-state index in [-0.39, 0.29) is 17.0 Å². The standard InChI is InChI=1S/C21H17N3O3S2/c25-20(24-21-23-18-11-4-5-12-19(18)28-21)16-9-6-10-17(13-16)29(26,27)22-14-15-7-2-1-3-8-15/h1-13,22H,14H2,(H,23,24,25). The van der Waals surface area contributed by atoms with Gasteiger partial charge in [-0.15, -0.1) is 0 Å². The Morgan fingerprint density at radius 1 is 0.931 bits per heavy atom. The minimum Gasteiger partial charge on any atom is -0.298 e. The van der Waals surface area contributed by atoms with Gasteiger partial charge in [0.05, 0.1) is 15.1 Å². The lowest BCUT2D eigenvalue weighted by Gasteiger charge is -2.08. The van der Waals surface area contributed by atoms with E-state index < -0.39 is 15.9 Å². The fourth-order valence-corrected chi connectivity index (χ4v) is 4.68. The molecule has 1 amide bonds. The molecule has 3 aromatic carbocycles. The number of thiazole rings is 1. The van der Waals surface area contributed by atoms with Crippen molar-refractivity contribution in [1.29, 1.82) is 0 Å². The van der Waals surface area contributed by atoms with Crippen molar-refractivity contribution in [2.45, 2.75) is 11.4 Å². The molecule has 0 spiro atoms. The van der Waals surface area contributed by atoms with E-state index in [0.29, 0.717) is 5.13 Å². The topological polar surface area (TPSA) is 88.2 Å². The first-order chi connectivity index (χ1) is 14.0. The first kappa shape index (κ1) is 19.3. The molecular weight excluding hydrogens is 406 g/mol. The van der Waals surface area contributed by atoms with Gasteiger partial charge >= 0.3 is 0 Å². The molecule has 0 unspecified atom stereocenters. The highest BCUT2D eigenvalue weighted by atomic mass is 32.2. The molecule has 0 radical (unpaired) electrons. The van der Waals surface area contributed by atoms with Crippen molar-refractivity contribution in [1.82, 2.24) is 9.71 Å². The number of rotatable bonds is 6. The van der Waals surface area contributed by atoms with E-state index in [1.165, 1.54) is 23.5 Å². The van der Waals surface area contributed by atoms with Crippen molar-refractivity contribution in [3.8, 4) is 0 Å². The number of para-hydroxylation sites is 1. The van der Waals surface area contributed by atoms with Gasteiger partial charge in [0.2, 0.25) is 10.0 Å². The van der Waals surface area contributed by atoms with Crippen LogP contribution >= 0.6 is 11.3 Å². The monoisotopic (exact) mass is 423 g/mol. The molecule has 146 valence electrons. The van der Waals surface area contributed by atoms with E-state index >= 15 is 0 Å². The first-order valence-electron chi connectivity index (χ1n) is 8.82. The van der Waals surface area contributed by atoms with Crippen LogP contribution < -0.4 is 10.0 Å². The third-order valence-corrected chi connectivity index (χ3v) is 6.58. The molecule has 0 atom stereocenters. The molecule has 1 aromatic heterocycles. The number of carbonyl (C=O) groups is 1. The number of hydrogen-bond acceptors (Lipinski definition) is 5. The van der Waals surface area contributed by atoms with Crippen molar-refractivity contribution in [3.05, 3.63) is 90.0 Å². The third-order valence-electron chi connectivity index (χ3n) is 4.23. The molecule has 0 aliphatic heterocycles. The highest BCUT2D eigenvalue weighted by Crippen LogP contribution is 2.26. The molecule has 2 N–H and O–H groups in total. The van der Waals surface area contributed by atoms with Crippen molar-refractivity contribution in [2.24, 2.45) is 0 Å². The number of aromatic nitrogens is 1. The molecule has 4 rings (SSSR count). The largest absolute Gasteiger partial charge is 0.298 e. The smallest absolute Gasteiger partial charge is 0.257 e. The Morgan fingerprint density at radius 2 is 1.69 bits per heavy atom. The average Bonchev–Trinajstić information content (AvgIpc) is 3.15. The van der Waals surface area contributed by atoms with Crippen LogP contribution in [0.2, 0.25) is 0 Å². The SMILES string of the molecule is O=C(Nc1nc2ccccc2s1)c1cccc(S(=O)(=O)NCc2ccccc2)c1. The zero-order valence-electron chi connectivity index (χ0n) is 15.2. The Bertz CT molecular complexity index is 1240. The lowest BCUT2D eigenvalue weighted by molar-refractivity contribution is 0.102. The summed E-state index contributed by atoms with van der Waals surface area (Å²) in [7, 11) is -3.75. The number of fused-ring (bicyclic) bond motifs is 1. The number of hydrogen-bond donors (Lipinski definition) is 2. The van der Waals surface area contributed by atoms with Crippen LogP contribution in [0.5, 0.6) is 0 Å². The number of nitrogens with zero attached hydrogens (tertiary/aromatic N) is 1. The van der Waals surface area contributed by atoms with Crippen LogP contribution in [-0.4, -0.2) is 19.3 Å². The summed E-state index contributed by atoms with van der Waals surface area (Å²) in [4.78, 5) is 17.0. The molecule has 0 saturated heterocycles. The molecular formula is C21H17N3O3S2. The Balaban J connectivity index is 1.50. The lowest BCUT2D eigenvalue weighted by Crippen LogP contribution is -2.23. The summed E-state index contributed by atoms with van der Waals surface area (Å²) in [6, 6.07) is 22.7. The molecule has 0 aliphatic carbocycles. The fraction of sp³-hybridized carbons (Fsp3) is 0.0476. The predicted molar refractivity (Wildman–Crippen MR) is 114 cm³/mol. The van der Waals surface area contributed by atoms with Gasteiger partial charge < -0.3 is 0 Å². The van der Waals surface area contributed by atoms with Gasteiger partial charge in [-0.2, -0.15) is 0 Å². The van der Waals surface area contributed by atoms with Crippen molar-refractivity contribution < 1.29 is 13.2 Å². The average molecular weight is 424 g/mol. The van der Waals surface area contributed by atoms with Gasteiger partial charge in [0.25, 0.3) is 5.91 Å². The van der Waals surface area contributed by atoms with Crippen molar-refractivity contribution in [3.63, 3.8) is 0 Å². The molecule has 0 bridgehead atoms. The molecule has 29 heavy (non-hydrogen) atoms. The predicted octanol–water partition coefficient (Wildman–Crippen LogP) is 4.03. The van der Waals surface area contributed by atoms with Crippen LogP contribution in [0, 0.1) is 0 Å². The van der Waals surface area contributed by atoms with Gasteiger partial charge in [-0.3, -0.25) is 10.1 Å². The second kappa shape index (κ2) is 8.12. The number of nitrogens with one attached hydrogen (secondary N) is 2. The second-order valence-corrected chi connectivity index (χ2v) is 9.08. The van der Waals surface area contributed by atoms with E-state index in [4.69, 9.17) is 0 Å². The van der Waals surface area contributed by atoms with Gasteiger partial charge in [0.1, 0.15) is 0 Å². The molecule has 6 nitrogen and oxygen atoms in total. The molecule has 8 heteroatoms.